The molecule has 1 heterocycles. The van der Waals surface area contributed by atoms with Gasteiger partial charge in [-0.3, -0.25) is 4.90 Å². The summed E-state index contributed by atoms with van der Waals surface area (Å²) in [4.78, 5) is 2.41. The molecule has 1 rings (SSSR count). The summed E-state index contributed by atoms with van der Waals surface area (Å²) >= 11 is 0. The minimum Gasteiger partial charge on any atom is -0.395 e. The van der Waals surface area contributed by atoms with E-state index in [2.05, 4.69) is 18.7 Å². The molecule has 1 fully saturated rings. The fourth-order valence-corrected chi connectivity index (χ4v) is 2.62. The zero-order valence-corrected chi connectivity index (χ0v) is 10.2. The molecule has 0 aliphatic carbocycles. The minimum absolute atomic E-state index is 0.126. The van der Waals surface area contributed by atoms with Gasteiger partial charge in [-0.1, -0.05) is 19.8 Å². The summed E-state index contributed by atoms with van der Waals surface area (Å²) in [6.45, 7) is 5.70. The lowest BCUT2D eigenvalue weighted by molar-refractivity contribution is 0.0488. The lowest BCUT2D eigenvalue weighted by Crippen LogP contribution is -2.54. The first-order chi connectivity index (χ1) is 7.20. The molecular weight excluding hydrogens is 188 g/mol. The van der Waals surface area contributed by atoms with Crippen LogP contribution in [0.2, 0.25) is 0 Å². The maximum absolute atomic E-state index is 9.47. The van der Waals surface area contributed by atoms with Gasteiger partial charge in [-0.25, -0.2) is 0 Å². The highest BCUT2D eigenvalue weighted by atomic mass is 16.3. The maximum atomic E-state index is 9.47. The van der Waals surface area contributed by atoms with Crippen molar-refractivity contribution in [2.24, 2.45) is 5.73 Å². The van der Waals surface area contributed by atoms with Crippen molar-refractivity contribution in [2.45, 2.75) is 64.1 Å². The Morgan fingerprint density at radius 1 is 1.47 bits per heavy atom. The molecule has 0 spiro atoms. The number of hydrogen-bond donors (Lipinski definition) is 2. The molecule has 0 bridgehead atoms. The van der Waals surface area contributed by atoms with Gasteiger partial charge >= 0.3 is 0 Å². The summed E-state index contributed by atoms with van der Waals surface area (Å²) in [6, 6.07) is 0.875. The molecule has 3 N–H and O–H groups in total. The van der Waals surface area contributed by atoms with Gasteiger partial charge in [-0.05, 0) is 32.7 Å². The normalized spacial score (nSPS) is 27.6. The Kier molecular flexibility index (Phi) is 5.58. The average molecular weight is 214 g/mol. The third-order valence-electron chi connectivity index (χ3n) is 3.58. The van der Waals surface area contributed by atoms with E-state index in [0.29, 0.717) is 6.04 Å². The van der Waals surface area contributed by atoms with Crippen LogP contribution in [0.15, 0.2) is 0 Å². The molecule has 15 heavy (non-hydrogen) atoms. The van der Waals surface area contributed by atoms with Gasteiger partial charge in [0.2, 0.25) is 0 Å². The van der Waals surface area contributed by atoms with E-state index in [1.165, 1.54) is 19.3 Å². The van der Waals surface area contributed by atoms with Crippen molar-refractivity contribution < 1.29 is 5.11 Å². The van der Waals surface area contributed by atoms with Crippen LogP contribution < -0.4 is 5.73 Å². The van der Waals surface area contributed by atoms with Gasteiger partial charge in [0.05, 0.1) is 6.61 Å². The van der Waals surface area contributed by atoms with E-state index in [1.807, 2.05) is 0 Å². The Labute approximate surface area is 93.6 Å². The lowest BCUT2D eigenvalue weighted by Gasteiger charge is -2.41. The second-order valence-corrected chi connectivity index (χ2v) is 4.79. The Balaban J connectivity index is 2.54. The molecule has 0 saturated carbocycles. The molecule has 1 saturated heterocycles. The first-order valence-electron chi connectivity index (χ1n) is 6.32. The maximum Gasteiger partial charge on any atom is 0.0602 e. The molecule has 0 aromatic carbocycles. The lowest BCUT2D eigenvalue weighted by atomic mass is 9.96. The number of likely N-dealkylation sites (tertiary alicyclic amines) is 1. The first kappa shape index (κ1) is 12.9. The van der Waals surface area contributed by atoms with E-state index < -0.39 is 0 Å². The monoisotopic (exact) mass is 214 g/mol. The van der Waals surface area contributed by atoms with Gasteiger partial charge in [0, 0.05) is 18.1 Å². The first-order valence-corrected chi connectivity index (χ1v) is 6.32. The predicted octanol–water partition coefficient (Wildman–Crippen LogP) is 1.35. The fraction of sp³-hybridized carbons (Fsp3) is 1.00. The summed E-state index contributed by atoms with van der Waals surface area (Å²) in [5.41, 5.74) is 6.13. The molecule has 0 amide bonds. The third-order valence-corrected chi connectivity index (χ3v) is 3.58. The number of rotatable bonds is 5. The SMILES string of the molecule is CCCC(N)C(CO)N1CCCCC1C. The second kappa shape index (κ2) is 6.46. The molecule has 3 nitrogen and oxygen atoms in total. The van der Waals surface area contributed by atoms with E-state index in [1.54, 1.807) is 0 Å². The van der Waals surface area contributed by atoms with Crippen LogP contribution in [0.4, 0.5) is 0 Å². The smallest absolute Gasteiger partial charge is 0.0602 e. The topological polar surface area (TPSA) is 49.5 Å². The second-order valence-electron chi connectivity index (χ2n) is 4.79. The van der Waals surface area contributed by atoms with Crippen LogP contribution in [0.5, 0.6) is 0 Å². The molecule has 0 aromatic rings. The van der Waals surface area contributed by atoms with Gasteiger partial charge in [0.1, 0.15) is 0 Å². The molecular formula is C12H26N2O. The number of aliphatic hydroxyl groups excluding tert-OH is 1. The van der Waals surface area contributed by atoms with Crippen molar-refractivity contribution in [1.82, 2.24) is 4.90 Å². The van der Waals surface area contributed by atoms with Crippen molar-refractivity contribution in [2.75, 3.05) is 13.2 Å². The van der Waals surface area contributed by atoms with Crippen molar-refractivity contribution in [3.05, 3.63) is 0 Å². The highest BCUT2D eigenvalue weighted by Crippen LogP contribution is 2.21. The Hall–Kier alpha value is -0.120. The molecule has 3 heteroatoms. The van der Waals surface area contributed by atoms with Gasteiger partial charge < -0.3 is 10.8 Å². The average Bonchev–Trinajstić information content (AvgIpc) is 2.22. The van der Waals surface area contributed by atoms with E-state index in [-0.39, 0.29) is 18.7 Å². The molecule has 0 radical (unpaired) electrons. The third kappa shape index (κ3) is 3.44. The minimum atomic E-state index is 0.126. The van der Waals surface area contributed by atoms with E-state index in [0.717, 1.165) is 19.4 Å². The van der Waals surface area contributed by atoms with Crippen LogP contribution in [-0.2, 0) is 0 Å². The summed E-state index contributed by atoms with van der Waals surface area (Å²) in [6.07, 6.45) is 5.92. The van der Waals surface area contributed by atoms with E-state index in [9.17, 15) is 5.11 Å². The molecule has 3 atom stereocenters. The molecule has 0 aromatic heterocycles. The van der Waals surface area contributed by atoms with Gasteiger partial charge in [0.25, 0.3) is 0 Å². The highest BCUT2D eigenvalue weighted by Gasteiger charge is 2.29. The number of nitrogens with zero attached hydrogens (tertiary/aromatic N) is 1. The summed E-state index contributed by atoms with van der Waals surface area (Å²) in [7, 11) is 0. The zero-order chi connectivity index (χ0) is 11.3. The Bertz CT molecular complexity index is 175. The predicted molar refractivity (Wildman–Crippen MR) is 63.8 cm³/mol. The van der Waals surface area contributed by atoms with Gasteiger partial charge in [-0.15, -0.1) is 0 Å². The highest BCUT2D eigenvalue weighted by molar-refractivity contribution is 4.86. The van der Waals surface area contributed by atoms with Crippen molar-refractivity contribution in [3.63, 3.8) is 0 Å². The standard InChI is InChI=1S/C12H26N2O/c1-3-6-11(13)12(9-15)14-8-5-4-7-10(14)2/h10-12,15H,3-9,13H2,1-2H3. The number of nitrogens with two attached hydrogens (primary N) is 1. The van der Waals surface area contributed by atoms with Crippen LogP contribution in [0.1, 0.15) is 46.0 Å². The van der Waals surface area contributed by atoms with E-state index in [4.69, 9.17) is 5.73 Å². The molecule has 90 valence electrons. The number of hydrogen-bond acceptors (Lipinski definition) is 3. The Morgan fingerprint density at radius 3 is 2.73 bits per heavy atom. The quantitative estimate of drug-likeness (QED) is 0.726. The Morgan fingerprint density at radius 2 is 2.20 bits per heavy atom. The van der Waals surface area contributed by atoms with Gasteiger partial charge in [-0.2, -0.15) is 0 Å². The summed E-state index contributed by atoms with van der Waals surface area (Å²) < 4.78 is 0. The molecule has 3 unspecified atom stereocenters. The summed E-state index contributed by atoms with van der Waals surface area (Å²) in [5.74, 6) is 0. The molecule has 1 aliphatic rings. The zero-order valence-electron chi connectivity index (χ0n) is 10.2. The number of aliphatic hydroxyl groups is 1. The van der Waals surface area contributed by atoms with Crippen molar-refractivity contribution in [1.29, 1.82) is 0 Å². The van der Waals surface area contributed by atoms with E-state index >= 15 is 0 Å². The molecule has 1 aliphatic heterocycles. The van der Waals surface area contributed by atoms with Gasteiger partial charge in [0.15, 0.2) is 0 Å². The van der Waals surface area contributed by atoms with Crippen LogP contribution in [0.25, 0.3) is 0 Å². The summed E-state index contributed by atoms with van der Waals surface area (Å²) in [5, 5.41) is 9.47. The van der Waals surface area contributed by atoms with Crippen LogP contribution in [-0.4, -0.2) is 41.3 Å². The largest absolute Gasteiger partial charge is 0.395 e. The van der Waals surface area contributed by atoms with Crippen molar-refractivity contribution in [3.8, 4) is 0 Å². The van der Waals surface area contributed by atoms with Crippen LogP contribution >= 0.6 is 0 Å². The van der Waals surface area contributed by atoms with Crippen LogP contribution in [0, 0.1) is 0 Å². The van der Waals surface area contributed by atoms with Crippen LogP contribution in [0.3, 0.4) is 0 Å². The van der Waals surface area contributed by atoms with Crippen molar-refractivity contribution >= 4 is 0 Å². The fourth-order valence-electron chi connectivity index (χ4n) is 2.62. The number of piperidine rings is 1.